The van der Waals surface area contributed by atoms with Crippen molar-refractivity contribution in [2.75, 3.05) is 0 Å². The third kappa shape index (κ3) is 1.45. The number of cyclic esters (lactones) is 1. The van der Waals surface area contributed by atoms with Crippen molar-refractivity contribution in [3.8, 4) is 0 Å². The molecule has 1 heterocycles. The van der Waals surface area contributed by atoms with Gasteiger partial charge in [-0.3, -0.25) is 4.79 Å². The Kier molecular flexibility index (Phi) is 2.11. The molecule has 0 aromatic heterocycles. The number of carbonyl (C=O) groups is 1. The Hall–Kier alpha value is -0.0500. The van der Waals surface area contributed by atoms with Crippen LogP contribution in [0.3, 0.4) is 0 Å². The molecule has 1 rings (SSSR count). The summed E-state index contributed by atoms with van der Waals surface area (Å²) in [6, 6.07) is 0. The van der Waals surface area contributed by atoms with Crippen molar-refractivity contribution in [1.29, 1.82) is 0 Å². The molecule has 52 valence electrons. The molecule has 9 heavy (non-hydrogen) atoms. The lowest BCUT2D eigenvalue weighted by molar-refractivity contribution is -0.169. The van der Waals surface area contributed by atoms with E-state index >= 15 is 0 Å². The van der Waals surface area contributed by atoms with Gasteiger partial charge in [-0.2, -0.15) is 0 Å². The summed E-state index contributed by atoms with van der Waals surface area (Å²) in [6.45, 7) is 2.06. The average molecular weight is 193 g/mol. The highest BCUT2D eigenvalue weighted by atomic mass is 79.9. The number of esters is 1. The van der Waals surface area contributed by atoms with Gasteiger partial charge in [0.05, 0.1) is 11.2 Å². The Labute approximate surface area is 62.7 Å². The van der Waals surface area contributed by atoms with E-state index in [1.165, 1.54) is 0 Å². The molecule has 2 atom stereocenters. The zero-order valence-electron chi connectivity index (χ0n) is 5.26. The number of alkyl halides is 1. The second kappa shape index (κ2) is 2.69. The molecule has 2 nitrogen and oxygen atoms in total. The molecule has 0 spiro atoms. The summed E-state index contributed by atoms with van der Waals surface area (Å²) in [4.78, 5) is 10.6. The molecule has 0 amide bonds. The summed E-state index contributed by atoms with van der Waals surface area (Å²) in [5.74, 6) is -0.0714. The topological polar surface area (TPSA) is 26.3 Å². The van der Waals surface area contributed by atoms with Crippen molar-refractivity contribution < 1.29 is 9.53 Å². The summed E-state index contributed by atoms with van der Waals surface area (Å²) in [5.41, 5.74) is 0. The first-order valence-corrected chi connectivity index (χ1v) is 3.99. The van der Waals surface area contributed by atoms with Crippen LogP contribution in [0, 0.1) is 0 Å². The van der Waals surface area contributed by atoms with Crippen molar-refractivity contribution in [3.05, 3.63) is 0 Å². The Morgan fingerprint density at radius 1 is 2.00 bits per heavy atom. The third-order valence-electron chi connectivity index (χ3n) is 1.44. The predicted octanol–water partition coefficient (Wildman–Crippen LogP) is 1.48. The van der Waals surface area contributed by atoms with Crippen LogP contribution >= 0.6 is 15.9 Å². The zero-order chi connectivity index (χ0) is 6.85. The Bertz CT molecular complexity index is 116. The molecule has 3 heteroatoms. The maximum absolute atomic E-state index is 10.3. The number of halogens is 1. The second-order valence-corrected chi connectivity index (χ2v) is 3.33. The Morgan fingerprint density at radius 3 is 2.89 bits per heavy atom. The van der Waals surface area contributed by atoms with Gasteiger partial charge in [-0.1, -0.05) is 22.9 Å². The maximum atomic E-state index is 10.3. The molecular weight excluding hydrogens is 184 g/mol. The number of rotatable bonds is 2. The van der Waals surface area contributed by atoms with Crippen molar-refractivity contribution in [2.45, 2.75) is 30.7 Å². The fourth-order valence-corrected chi connectivity index (χ4v) is 1.08. The number of hydrogen-bond donors (Lipinski definition) is 0. The molecule has 1 saturated heterocycles. The molecule has 1 aliphatic rings. The number of ether oxygens (including phenoxy) is 1. The van der Waals surface area contributed by atoms with Gasteiger partial charge < -0.3 is 4.74 Å². The minimum Gasteiger partial charge on any atom is -0.460 e. The van der Waals surface area contributed by atoms with Gasteiger partial charge in [0.1, 0.15) is 6.10 Å². The lowest BCUT2D eigenvalue weighted by atomic mass is 10.1. The maximum Gasteiger partial charge on any atom is 0.309 e. The van der Waals surface area contributed by atoms with Crippen LogP contribution in [0.4, 0.5) is 0 Å². The summed E-state index contributed by atoms with van der Waals surface area (Å²) < 4.78 is 4.81. The molecule has 1 aliphatic heterocycles. The first kappa shape index (κ1) is 7.06. The van der Waals surface area contributed by atoms with E-state index in [-0.39, 0.29) is 12.1 Å². The van der Waals surface area contributed by atoms with Gasteiger partial charge in [-0.05, 0) is 6.42 Å². The third-order valence-corrected chi connectivity index (χ3v) is 2.68. The van der Waals surface area contributed by atoms with Crippen LogP contribution in [0.1, 0.15) is 19.8 Å². The zero-order valence-corrected chi connectivity index (χ0v) is 6.85. The quantitative estimate of drug-likeness (QED) is 0.490. The Morgan fingerprint density at radius 2 is 2.56 bits per heavy atom. The fourth-order valence-electron chi connectivity index (χ4n) is 0.788. The first-order chi connectivity index (χ1) is 4.24. The molecular formula is C6H9BrO2. The minimum atomic E-state index is -0.0714. The SMILES string of the molecule is CCC(Br)C1CC(=O)O1. The molecule has 0 aromatic carbocycles. The molecule has 0 aliphatic carbocycles. The average Bonchev–Trinajstić information content (AvgIpc) is 1.79. The van der Waals surface area contributed by atoms with Crippen molar-refractivity contribution in [1.82, 2.24) is 0 Å². The Balaban J connectivity index is 2.23. The predicted molar refractivity (Wildman–Crippen MR) is 37.5 cm³/mol. The van der Waals surface area contributed by atoms with Gasteiger partial charge in [0.25, 0.3) is 0 Å². The van der Waals surface area contributed by atoms with Crippen LogP contribution < -0.4 is 0 Å². The van der Waals surface area contributed by atoms with Crippen LogP contribution in [0.5, 0.6) is 0 Å². The first-order valence-electron chi connectivity index (χ1n) is 3.07. The van der Waals surface area contributed by atoms with E-state index in [1.54, 1.807) is 0 Å². The minimum absolute atomic E-state index is 0.0714. The summed E-state index contributed by atoms with van der Waals surface area (Å²) >= 11 is 3.40. The molecule has 0 saturated carbocycles. The van der Waals surface area contributed by atoms with Crippen LogP contribution in [0.2, 0.25) is 0 Å². The highest BCUT2D eigenvalue weighted by Crippen LogP contribution is 2.23. The van der Waals surface area contributed by atoms with Crippen LogP contribution in [0.15, 0.2) is 0 Å². The monoisotopic (exact) mass is 192 g/mol. The van der Waals surface area contributed by atoms with Crippen molar-refractivity contribution in [2.24, 2.45) is 0 Å². The molecule has 0 radical (unpaired) electrons. The van der Waals surface area contributed by atoms with E-state index in [4.69, 9.17) is 4.74 Å². The van der Waals surface area contributed by atoms with Crippen molar-refractivity contribution >= 4 is 21.9 Å². The van der Waals surface area contributed by atoms with E-state index in [0.717, 1.165) is 6.42 Å². The van der Waals surface area contributed by atoms with E-state index in [2.05, 4.69) is 22.9 Å². The van der Waals surface area contributed by atoms with E-state index in [1.807, 2.05) is 0 Å². The molecule has 2 unspecified atom stereocenters. The fraction of sp³-hybridized carbons (Fsp3) is 0.833. The van der Waals surface area contributed by atoms with Crippen molar-refractivity contribution in [3.63, 3.8) is 0 Å². The van der Waals surface area contributed by atoms with E-state index < -0.39 is 0 Å². The lowest BCUT2D eigenvalue weighted by Gasteiger charge is -2.28. The largest absolute Gasteiger partial charge is 0.460 e. The van der Waals surface area contributed by atoms with Gasteiger partial charge in [-0.25, -0.2) is 0 Å². The standard InChI is InChI=1S/C6H9BrO2/c1-2-4(7)5-3-6(8)9-5/h4-5H,2-3H2,1H3. The highest BCUT2D eigenvalue weighted by molar-refractivity contribution is 9.09. The lowest BCUT2D eigenvalue weighted by Crippen LogP contribution is -2.39. The molecule has 0 bridgehead atoms. The molecule has 0 N–H and O–H groups in total. The van der Waals surface area contributed by atoms with Crippen LogP contribution in [-0.2, 0) is 9.53 Å². The number of carbonyl (C=O) groups excluding carboxylic acids is 1. The van der Waals surface area contributed by atoms with Gasteiger partial charge in [-0.15, -0.1) is 0 Å². The van der Waals surface area contributed by atoms with Gasteiger partial charge >= 0.3 is 5.97 Å². The molecule has 0 aromatic rings. The van der Waals surface area contributed by atoms with E-state index in [0.29, 0.717) is 11.2 Å². The van der Waals surface area contributed by atoms with E-state index in [9.17, 15) is 4.79 Å². The van der Waals surface area contributed by atoms with Gasteiger partial charge in [0.2, 0.25) is 0 Å². The summed E-state index contributed by atoms with van der Waals surface area (Å²) in [6.07, 6.45) is 1.74. The van der Waals surface area contributed by atoms with Crippen LogP contribution in [-0.4, -0.2) is 16.9 Å². The summed E-state index contributed by atoms with van der Waals surface area (Å²) in [5, 5.41) is 0. The molecule has 1 fully saturated rings. The highest BCUT2D eigenvalue weighted by Gasteiger charge is 2.33. The van der Waals surface area contributed by atoms with Gasteiger partial charge in [0, 0.05) is 0 Å². The number of hydrogen-bond acceptors (Lipinski definition) is 2. The second-order valence-electron chi connectivity index (χ2n) is 2.16. The van der Waals surface area contributed by atoms with Crippen LogP contribution in [0.25, 0.3) is 0 Å². The summed E-state index contributed by atoms with van der Waals surface area (Å²) in [7, 11) is 0. The van der Waals surface area contributed by atoms with Gasteiger partial charge in [0.15, 0.2) is 0 Å². The smallest absolute Gasteiger partial charge is 0.309 e. The normalized spacial score (nSPS) is 28.7.